The van der Waals surface area contributed by atoms with Crippen LogP contribution >= 0.6 is 11.6 Å². The number of nitrogens with zero attached hydrogens (tertiary/aromatic N) is 2. The van der Waals surface area contributed by atoms with Crippen molar-refractivity contribution < 1.29 is 9.90 Å². The summed E-state index contributed by atoms with van der Waals surface area (Å²) < 4.78 is 0. The highest BCUT2D eigenvalue weighted by Crippen LogP contribution is 2.24. The zero-order valence-corrected chi connectivity index (χ0v) is 10.2. The Labute approximate surface area is 104 Å². The molecule has 1 atom stereocenters. The van der Waals surface area contributed by atoms with Crippen LogP contribution in [0.15, 0.2) is 12.3 Å². The summed E-state index contributed by atoms with van der Waals surface area (Å²) in [4.78, 5) is 17.0. The fourth-order valence-corrected chi connectivity index (χ4v) is 2.19. The minimum Gasteiger partial charge on any atom is -0.478 e. The van der Waals surface area contributed by atoms with E-state index in [0.29, 0.717) is 16.9 Å². The molecule has 0 amide bonds. The second-order valence-corrected chi connectivity index (χ2v) is 4.54. The number of hydrogen-bond acceptors (Lipinski definition) is 4. The molecule has 0 aliphatic carbocycles. The summed E-state index contributed by atoms with van der Waals surface area (Å²) in [7, 11) is 0. The molecule has 92 valence electrons. The first-order chi connectivity index (χ1) is 8.08. The molecule has 1 aromatic rings. The van der Waals surface area contributed by atoms with Gasteiger partial charge in [-0.05, 0) is 13.0 Å². The summed E-state index contributed by atoms with van der Waals surface area (Å²) >= 11 is 6.07. The number of anilines is 1. The molecule has 2 N–H and O–H groups in total. The second-order valence-electron chi connectivity index (χ2n) is 4.14. The maximum absolute atomic E-state index is 10.8. The Balaban J connectivity index is 2.23. The molecule has 0 radical (unpaired) electrons. The lowest BCUT2D eigenvalue weighted by Gasteiger charge is -2.33. The number of aromatic carboxylic acids is 1. The molecule has 2 rings (SSSR count). The summed E-state index contributed by atoms with van der Waals surface area (Å²) in [5.74, 6) is -0.357. The minimum absolute atomic E-state index is 0.113. The van der Waals surface area contributed by atoms with E-state index in [4.69, 9.17) is 16.7 Å². The number of hydrogen-bond donors (Lipinski definition) is 2. The van der Waals surface area contributed by atoms with Crippen molar-refractivity contribution in [1.29, 1.82) is 0 Å². The number of nitrogens with one attached hydrogen (secondary N) is 1. The molecule has 2 heterocycles. The highest BCUT2D eigenvalue weighted by molar-refractivity contribution is 6.33. The van der Waals surface area contributed by atoms with Crippen molar-refractivity contribution in [2.24, 2.45) is 0 Å². The van der Waals surface area contributed by atoms with Gasteiger partial charge in [-0.25, -0.2) is 9.78 Å². The number of piperazine rings is 1. The van der Waals surface area contributed by atoms with E-state index in [9.17, 15) is 4.79 Å². The fraction of sp³-hybridized carbons (Fsp3) is 0.455. The molecule has 1 aliphatic heterocycles. The van der Waals surface area contributed by atoms with Crippen molar-refractivity contribution in [3.8, 4) is 0 Å². The monoisotopic (exact) mass is 255 g/mol. The van der Waals surface area contributed by atoms with E-state index in [0.717, 1.165) is 19.6 Å². The van der Waals surface area contributed by atoms with E-state index in [1.165, 1.54) is 12.3 Å². The van der Waals surface area contributed by atoms with Crippen LogP contribution in [0.3, 0.4) is 0 Å². The average molecular weight is 256 g/mol. The van der Waals surface area contributed by atoms with Crippen molar-refractivity contribution in [2.75, 3.05) is 24.5 Å². The standard InChI is InChI=1S/C11H14ClN3O2/c1-7-6-15(3-2-13-7)10-9(12)4-8(5-14-10)11(16)17/h4-5,7,13H,2-3,6H2,1H3,(H,16,17)/t7-/m0/s1. The Bertz CT molecular complexity index is 439. The van der Waals surface area contributed by atoms with Crippen LogP contribution in [0.4, 0.5) is 5.82 Å². The van der Waals surface area contributed by atoms with E-state index in [2.05, 4.69) is 22.1 Å². The number of pyridine rings is 1. The summed E-state index contributed by atoms with van der Waals surface area (Å²) in [5, 5.41) is 12.5. The quantitative estimate of drug-likeness (QED) is 0.832. The lowest BCUT2D eigenvalue weighted by Crippen LogP contribution is -2.49. The molecule has 1 aromatic heterocycles. The van der Waals surface area contributed by atoms with E-state index in [1.807, 2.05) is 0 Å². The van der Waals surface area contributed by atoms with E-state index in [1.54, 1.807) is 0 Å². The van der Waals surface area contributed by atoms with Crippen LogP contribution in [0.5, 0.6) is 0 Å². The van der Waals surface area contributed by atoms with Gasteiger partial charge in [0.1, 0.15) is 5.82 Å². The number of carboxylic acid groups (broad SMARTS) is 1. The Morgan fingerprint density at radius 2 is 2.47 bits per heavy atom. The van der Waals surface area contributed by atoms with Crippen molar-refractivity contribution in [3.05, 3.63) is 22.8 Å². The minimum atomic E-state index is -1.01. The van der Waals surface area contributed by atoms with Gasteiger partial charge in [-0.1, -0.05) is 11.6 Å². The van der Waals surface area contributed by atoms with E-state index in [-0.39, 0.29) is 5.56 Å². The third-order valence-corrected chi connectivity index (χ3v) is 3.02. The van der Waals surface area contributed by atoms with E-state index >= 15 is 0 Å². The molecule has 6 heteroatoms. The van der Waals surface area contributed by atoms with Crippen molar-refractivity contribution in [3.63, 3.8) is 0 Å². The highest BCUT2D eigenvalue weighted by atomic mass is 35.5. The van der Waals surface area contributed by atoms with Gasteiger partial charge in [-0.15, -0.1) is 0 Å². The summed E-state index contributed by atoms with van der Waals surface area (Å²) in [6.45, 7) is 4.61. The Morgan fingerprint density at radius 3 is 3.06 bits per heavy atom. The van der Waals surface area contributed by atoms with Crippen LogP contribution < -0.4 is 10.2 Å². The maximum atomic E-state index is 10.8. The first-order valence-corrected chi connectivity index (χ1v) is 5.83. The third-order valence-electron chi connectivity index (χ3n) is 2.74. The zero-order valence-electron chi connectivity index (χ0n) is 9.48. The van der Waals surface area contributed by atoms with Gasteiger partial charge >= 0.3 is 5.97 Å². The molecular formula is C11H14ClN3O2. The van der Waals surface area contributed by atoms with Gasteiger partial charge in [0.15, 0.2) is 0 Å². The molecule has 0 spiro atoms. The molecule has 0 aromatic carbocycles. The number of rotatable bonds is 2. The lowest BCUT2D eigenvalue weighted by molar-refractivity contribution is 0.0696. The predicted octanol–water partition coefficient (Wildman–Crippen LogP) is 1.23. The molecule has 17 heavy (non-hydrogen) atoms. The van der Waals surface area contributed by atoms with Gasteiger partial charge in [0, 0.05) is 31.9 Å². The van der Waals surface area contributed by atoms with Crippen molar-refractivity contribution >= 4 is 23.4 Å². The summed E-state index contributed by atoms with van der Waals surface area (Å²) in [6, 6.07) is 1.82. The van der Waals surface area contributed by atoms with E-state index < -0.39 is 5.97 Å². The predicted molar refractivity (Wildman–Crippen MR) is 65.9 cm³/mol. The number of aromatic nitrogens is 1. The van der Waals surface area contributed by atoms with Gasteiger partial charge < -0.3 is 15.3 Å². The molecule has 1 fully saturated rings. The number of halogens is 1. The SMILES string of the molecule is C[C@H]1CN(c2ncc(C(=O)O)cc2Cl)CCN1. The lowest BCUT2D eigenvalue weighted by atomic mass is 10.2. The van der Waals surface area contributed by atoms with Gasteiger partial charge in [-0.2, -0.15) is 0 Å². The van der Waals surface area contributed by atoms with Gasteiger partial charge in [-0.3, -0.25) is 0 Å². The van der Waals surface area contributed by atoms with Crippen LogP contribution in [-0.2, 0) is 0 Å². The van der Waals surface area contributed by atoms with Crippen molar-refractivity contribution in [2.45, 2.75) is 13.0 Å². The number of carboxylic acids is 1. The topological polar surface area (TPSA) is 65.5 Å². The Hall–Kier alpha value is -1.33. The normalized spacial score (nSPS) is 20.4. The van der Waals surface area contributed by atoms with Crippen LogP contribution in [0, 0.1) is 0 Å². The molecule has 5 nitrogen and oxygen atoms in total. The maximum Gasteiger partial charge on any atom is 0.337 e. The molecular weight excluding hydrogens is 242 g/mol. The summed E-state index contributed by atoms with van der Waals surface area (Å²) in [5.41, 5.74) is 0.113. The fourth-order valence-electron chi connectivity index (χ4n) is 1.91. The van der Waals surface area contributed by atoms with Gasteiger partial charge in [0.25, 0.3) is 0 Å². The summed E-state index contributed by atoms with van der Waals surface area (Å²) in [6.07, 6.45) is 1.34. The van der Waals surface area contributed by atoms with Crippen LogP contribution in [0.1, 0.15) is 17.3 Å². The Kier molecular flexibility index (Phi) is 3.49. The second kappa shape index (κ2) is 4.89. The molecule has 1 saturated heterocycles. The molecule has 1 aliphatic rings. The van der Waals surface area contributed by atoms with Crippen LogP contribution in [-0.4, -0.2) is 41.7 Å². The first-order valence-electron chi connectivity index (χ1n) is 5.45. The molecule has 0 bridgehead atoms. The van der Waals surface area contributed by atoms with Crippen LogP contribution in [0.25, 0.3) is 0 Å². The first kappa shape index (κ1) is 12.1. The van der Waals surface area contributed by atoms with Gasteiger partial charge in [0.2, 0.25) is 0 Å². The molecule has 0 unspecified atom stereocenters. The Morgan fingerprint density at radius 1 is 1.71 bits per heavy atom. The average Bonchev–Trinajstić information content (AvgIpc) is 2.28. The smallest absolute Gasteiger partial charge is 0.337 e. The van der Waals surface area contributed by atoms with Gasteiger partial charge in [0.05, 0.1) is 10.6 Å². The molecule has 0 saturated carbocycles. The third kappa shape index (κ3) is 2.68. The van der Waals surface area contributed by atoms with Crippen molar-refractivity contribution in [1.82, 2.24) is 10.3 Å². The number of carbonyl (C=O) groups is 1. The zero-order chi connectivity index (χ0) is 12.4. The largest absolute Gasteiger partial charge is 0.478 e. The van der Waals surface area contributed by atoms with Crippen LogP contribution in [0.2, 0.25) is 5.02 Å². The highest BCUT2D eigenvalue weighted by Gasteiger charge is 2.19.